The van der Waals surface area contributed by atoms with Crippen LogP contribution in [0.15, 0.2) is 12.1 Å². The van der Waals surface area contributed by atoms with Gasteiger partial charge in [0.15, 0.2) is 11.5 Å². The van der Waals surface area contributed by atoms with Gasteiger partial charge in [0.25, 0.3) is 0 Å². The maximum atomic E-state index is 12.4. The van der Waals surface area contributed by atoms with E-state index in [4.69, 9.17) is 14.2 Å². The van der Waals surface area contributed by atoms with Crippen LogP contribution < -0.4 is 14.8 Å². The molecule has 0 aromatic heterocycles. The number of nitrogens with one attached hydrogen (secondary N) is 1. The maximum absolute atomic E-state index is 12.4. The van der Waals surface area contributed by atoms with Crippen LogP contribution in [0, 0.1) is 5.92 Å². The number of ether oxygens (including phenoxy) is 3. The summed E-state index contributed by atoms with van der Waals surface area (Å²) in [5, 5.41) is 3.03. The van der Waals surface area contributed by atoms with Crippen LogP contribution in [0.1, 0.15) is 17.5 Å². The van der Waals surface area contributed by atoms with Gasteiger partial charge < -0.3 is 24.4 Å². The number of fused-ring (bicyclic) bond motifs is 1. The summed E-state index contributed by atoms with van der Waals surface area (Å²) in [6.45, 7) is 3.56. The van der Waals surface area contributed by atoms with Crippen molar-refractivity contribution in [2.45, 2.75) is 19.4 Å². The summed E-state index contributed by atoms with van der Waals surface area (Å²) in [4.78, 5) is 14.2. The van der Waals surface area contributed by atoms with Crippen molar-refractivity contribution < 1.29 is 19.0 Å². The van der Waals surface area contributed by atoms with Crippen LogP contribution in [-0.4, -0.2) is 51.5 Å². The van der Waals surface area contributed by atoms with Crippen molar-refractivity contribution in [2.24, 2.45) is 5.92 Å². The lowest BCUT2D eigenvalue weighted by Crippen LogP contribution is -2.44. The molecule has 1 atom stereocenters. The first kappa shape index (κ1) is 15.9. The van der Waals surface area contributed by atoms with Gasteiger partial charge in [0.1, 0.15) is 0 Å². The first-order chi connectivity index (χ1) is 11.2. The third-order valence-corrected chi connectivity index (χ3v) is 4.57. The van der Waals surface area contributed by atoms with E-state index >= 15 is 0 Å². The van der Waals surface area contributed by atoms with E-state index in [1.165, 1.54) is 5.56 Å². The minimum atomic E-state index is -0.00247. The number of carbonyl (C=O) groups excluding carboxylic acids is 1. The van der Waals surface area contributed by atoms with E-state index in [-0.39, 0.29) is 6.03 Å². The summed E-state index contributed by atoms with van der Waals surface area (Å²) < 4.78 is 16.0. The van der Waals surface area contributed by atoms with E-state index < -0.39 is 0 Å². The molecule has 3 rings (SSSR count). The highest BCUT2D eigenvalue weighted by atomic mass is 16.5. The fourth-order valence-corrected chi connectivity index (χ4v) is 3.14. The van der Waals surface area contributed by atoms with E-state index in [1.807, 2.05) is 17.0 Å². The van der Waals surface area contributed by atoms with Crippen molar-refractivity contribution in [1.82, 2.24) is 10.2 Å². The Bertz CT molecular complexity index is 570. The van der Waals surface area contributed by atoms with Crippen molar-refractivity contribution >= 4 is 6.03 Å². The molecule has 2 amide bonds. The molecule has 1 aromatic carbocycles. The van der Waals surface area contributed by atoms with Gasteiger partial charge in [-0.1, -0.05) is 0 Å². The summed E-state index contributed by atoms with van der Waals surface area (Å²) >= 11 is 0. The van der Waals surface area contributed by atoms with Crippen LogP contribution in [0.4, 0.5) is 4.79 Å². The van der Waals surface area contributed by atoms with Gasteiger partial charge in [0.05, 0.1) is 20.8 Å². The molecule has 0 spiro atoms. The molecule has 1 aromatic rings. The number of carbonyl (C=O) groups is 1. The number of methoxy groups -OCH3 is 2. The molecule has 1 fully saturated rings. The third-order valence-electron chi connectivity index (χ3n) is 4.57. The topological polar surface area (TPSA) is 60.0 Å². The average Bonchev–Trinajstić information content (AvgIpc) is 3.11. The molecular formula is C17H24N2O4. The van der Waals surface area contributed by atoms with Gasteiger partial charge >= 0.3 is 6.03 Å². The lowest BCUT2D eigenvalue weighted by Gasteiger charge is -2.30. The normalized spacial score (nSPS) is 20.1. The molecule has 2 aliphatic heterocycles. The zero-order valence-electron chi connectivity index (χ0n) is 13.8. The molecule has 1 saturated heterocycles. The van der Waals surface area contributed by atoms with Crippen molar-refractivity contribution in [3.05, 3.63) is 23.3 Å². The first-order valence-electron chi connectivity index (χ1n) is 8.05. The van der Waals surface area contributed by atoms with E-state index in [0.29, 0.717) is 24.8 Å². The number of rotatable bonds is 4. The van der Waals surface area contributed by atoms with Crippen LogP contribution >= 0.6 is 0 Å². The number of hydrogen-bond acceptors (Lipinski definition) is 4. The molecule has 126 valence electrons. The molecule has 0 bridgehead atoms. The predicted molar refractivity (Wildman–Crippen MR) is 86.0 cm³/mol. The largest absolute Gasteiger partial charge is 0.493 e. The zero-order chi connectivity index (χ0) is 16.2. The molecule has 2 heterocycles. The van der Waals surface area contributed by atoms with Gasteiger partial charge in [0.2, 0.25) is 0 Å². The van der Waals surface area contributed by atoms with E-state index in [1.54, 1.807) is 14.2 Å². The van der Waals surface area contributed by atoms with Gasteiger partial charge in [0, 0.05) is 32.2 Å². The monoisotopic (exact) mass is 320 g/mol. The van der Waals surface area contributed by atoms with Crippen molar-refractivity contribution in [3.63, 3.8) is 0 Å². The van der Waals surface area contributed by atoms with Crippen molar-refractivity contribution in [1.29, 1.82) is 0 Å². The van der Waals surface area contributed by atoms with E-state index in [9.17, 15) is 4.79 Å². The highest BCUT2D eigenvalue weighted by Gasteiger charge is 2.24. The Kier molecular flexibility index (Phi) is 4.91. The molecule has 2 aliphatic rings. The summed E-state index contributed by atoms with van der Waals surface area (Å²) in [6.07, 6.45) is 1.86. The fourth-order valence-electron chi connectivity index (χ4n) is 3.14. The lowest BCUT2D eigenvalue weighted by molar-refractivity contribution is 0.178. The second-order valence-corrected chi connectivity index (χ2v) is 6.06. The number of urea groups is 1. The molecule has 0 radical (unpaired) electrons. The summed E-state index contributed by atoms with van der Waals surface area (Å²) in [5.41, 5.74) is 2.34. The zero-order valence-corrected chi connectivity index (χ0v) is 13.8. The number of amides is 2. The van der Waals surface area contributed by atoms with Crippen LogP contribution in [0.2, 0.25) is 0 Å². The maximum Gasteiger partial charge on any atom is 0.317 e. The van der Waals surface area contributed by atoms with E-state index in [0.717, 1.165) is 43.9 Å². The van der Waals surface area contributed by atoms with E-state index in [2.05, 4.69) is 5.32 Å². The van der Waals surface area contributed by atoms with Crippen molar-refractivity contribution in [2.75, 3.05) is 40.5 Å². The molecule has 0 unspecified atom stereocenters. The molecule has 0 aliphatic carbocycles. The molecule has 0 saturated carbocycles. The highest BCUT2D eigenvalue weighted by molar-refractivity contribution is 5.74. The second-order valence-electron chi connectivity index (χ2n) is 6.06. The summed E-state index contributed by atoms with van der Waals surface area (Å²) in [5.74, 6) is 1.89. The van der Waals surface area contributed by atoms with Gasteiger partial charge in [-0.2, -0.15) is 0 Å². The van der Waals surface area contributed by atoms with Gasteiger partial charge in [-0.05, 0) is 36.1 Å². The Morgan fingerprint density at radius 1 is 1.30 bits per heavy atom. The van der Waals surface area contributed by atoms with Gasteiger partial charge in [-0.15, -0.1) is 0 Å². The van der Waals surface area contributed by atoms with Gasteiger partial charge in [-0.25, -0.2) is 4.79 Å². The van der Waals surface area contributed by atoms with Gasteiger partial charge in [-0.3, -0.25) is 0 Å². The molecule has 6 heteroatoms. The minimum Gasteiger partial charge on any atom is -0.493 e. The highest BCUT2D eigenvalue weighted by Crippen LogP contribution is 2.33. The van der Waals surface area contributed by atoms with Crippen LogP contribution in [0.25, 0.3) is 0 Å². The Morgan fingerprint density at radius 3 is 2.70 bits per heavy atom. The Balaban J connectivity index is 1.63. The smallest absolute Gasteiger partial charge is 0.317 e. The fraction of sp³-hybridized carbons (Fsp3) is 0.588. The summed E-state index contributed by atoms with van der Waals surface area (Å²) in [6, 6.07) is 3.98. The SMILES string of the molecule is COc1cc2c(cc1OC)CN(C(=O)NC[C@@H]1CCOC1)CC2. The summed E-state index contributed by atoms with van der Waals surface area (Å²) in [7, 11) is 3.26. The third kappa shape index (κ3) is 3.52. The second kappa shape index (κ2) is 7.08. The van der Waals surface area contributed by atoms with Crippen molar-refractivity contribution in [3.8, 4) is 11.5 Å². The Morgan fingerprint density at radius 2 is 2.04 bits per heavy atom. The number of benzene rings is 1. The van der Waals surface area contributed by atoms with Crippen LogP contribution in [0.3, 0.4) is 0 Å². The molecule has 23 heavy (non-hydrogen) atoms. The minimum absolute atomic E-state index is 0.00247. The standard InChI is InChI=1S/C17H24N2O4/c1-21-15-7-13-3-5-19(10-14(13)8-16(15)22-2)17(20)18-9-12-4-6-23-11-12/h7-8,12H,3-6,9-11H2,1-2H3,(H,18,20)/t12-/m0/s1. The quantitative estimate of drug-likeness (QED) is 0.919. The Labute approximate surface area is 136 Å². The molecular weight excluding hydrogens is 296 g/mol. The number of hydrogen-bond donors (Lipinski definition) is 1. The Hall–Kier alpha value is -1.95. The molecule has 1 N–H and O–H groups in total. The first-order valence-corrected chi connectivity index (χ1v) is 8.05. The predicted octanol–water partition coefficient (Wildman–Crippen LogP) is 1.81. The number of nitrogens with zero attached hydrogens (tertiary/aromatic N) is 1. The lowest BCUT2D eigenvalue weighted by atomic mass is 9.99. The average molecular weight is 320 g/mol. The van der Waals surface area contributed by atoms with Crippen LogP contribution in [0.5, 0.6) is 11.5 Å². The molecule has 6 nitrogen and oxygen atoms in total. The van der Waals surface area contributed by atoms with Crippen LogP contribution in [-0.2, 0) is 17.7 Å².